The van der Waals surface area contributed by atoms with Crippen LogP contribution in [0.5, 0.6) is 17.2 Å². The molecule has 7 nitrogen and oxygen atoms in total. The molecule has 3 aromatic carbocycles. The van der Waals surface area contributed by atoms with Crippen LogP contribution in [0.15, 0.2) is 65.5 Å². The number of ether oxygens (including phenoxy) is 3. The highest BCUT2D eigenvalue weighted by Crippen LogP contribution is 2.42. The van der Waals surface area contributed by atoms with Crippen molar-refractivity contribution in [3.05, 3.63) is 87.7 Å². The third-order valence-corrected chi connectivity index (χ3v) is 7.58. The highest BCUT2D eigenvalue weighted by molar-refractivity contribution is 7.26. The summed E-state index contributed by atoms with van der Waals surface area (Å²) >= 11 is 1.49. The molecular formula is C28H21NO6S. The number of hydrogen-bond donors (Lipinski definition) is 1. The van der Waals surface area contributed by atoms with E-state index in [1.54, 1.807) is 35.9 Å². The first kappa shape index (κ1) is 22.2. The number of benzene rings is 3. The predicted octanol–water partition coefficient (Wildman–Crippen LogP) is 5.68. The van der Waals surface area contributed by atoms with E-state index in [9.17, 15) is 14.7 Å². The first-order chi connectivity index (χ1) is 17.5. The van der Waals surface area contributed by atoms with E-state index in [-0.39, 0.29) is 18.9 Å². The van der Waals surface area contributed by atoms with E-state index in [0.29, 0.717) is 33.9 Å². The van der Waals surface area contributed by atoms with Crippen molar-refractivity contribution < 1.29 is 24.1 Å². The summed E-state index contributed by atoms with van der Waals surface area (Å²) in [5.74, 6) is 0.556. The second-order valence-electron chi connectivity index (χ2n) is 8.61. The molecule has 0 saturated carbocycles. The Morgan fingerprint density at radius 3 is 2.67 bits per heavy atom. The lowest BCUT2D eigenvalue weighted by molar-refractivity contribution is 0.0695. The van der Waals surface area contributed by atoms with Crippen LogP contribution in [0, 0.1) is 6.92 Å². The third kappa shape index (κ3) is 3.41. The van der Waals surface area contributed by atoms with E-state index in [1.807, 2.05) is 37.3 Å². The van der Waals surface area contributed by atoms with Crippen molar-refractivity contribution in [3.63, 3.8) is 0 Å². The summed E-state index contributed by atoms with van der Waals surface area (Å²) in [4.78, 5) is 26.5. The topological polar surface area (TPSA) is 87.0 Å². The minimum atomic E-state index is -1.27. The smallest absolute Gasteiger partial charge is 0.342 e. The van der Waals surface area contributed by atoms with Crippen molar-refractivity contribution in [3.8, 4) is 28.4 Å². The lowest BCUT2D eigenvalue weighted by Crippen LogP contribution is -2.28. The molecule has 1 aliphatic heterocycles. The third-order valence-electron chi connectivity index (χ3n) is 6.42. The Labute approximate surface area is 209 Å². The van der Waals surface area contributed by atoms with E-state index in [0.717, 1.165) is 25.9 Å². The average molecular weight is 500 g/mol. The van der Waals surface area contributed by atoms with Crippen LogP contribution in [0.2, 0.25) is 0 Å². The largest absolute Gasteiger partial charge is 0.497 e. The molecular weight excluding hydrogens is 478 g/mol. The van der Waals surface area contributed by atoms with Gasteiger partial charge in [-0.3, -0.25) is 4.79 Å². The van der Waals surface area contributed by atoms with Gasteiger partial charge in [0.05, 0.1) is 23.9 Å². The van der Waals surface area contributed by atoms with Gasteiger partial charge in [-0.2, -0.15) is 0 Å². The number of methoxy groups -OCH3 is 1. The Balaban J connectivity index is 1.71. The molecule has 1 aliphatic rings. The number of fused-ring (bicyclic) bond motifs is 4. The maximum Gasteiger partial charge on any atom is 0.342 e. The van der Waals surface area contributed by atoms with Crippen LogP contribution in [-0.4, -0.2) is 29.5 Å². The number of nitrogens with zero attached hydrogens (tertiary/aromatic N) is 1. The van der Waals surface area contributed by atoms with Gasteiger partial charge in [0, 0.05) is 21.2 Å². The van der Waals surface area contributed by atoms with Gasteiger partial charge in [-0.25, -0.2) is 4.79 Å². The van der Waals surface area contributed by atoms with Crippen LogP contribution in [0.25, 0.3) is 31.4 Å². The summed E-state index contributed by atoms with van der Waals surface area (Å²) < 4.78 is 19.7. The highest BCUT2D eigenvalue weighted by atomic mass is 32.1. The van der Waals surface area contributed by atoms with Crippen LogP contribution < -0.4 is 19.8 Å². The van der Waals surface area contributed by atoms with Gasteiger partial charge in [-0.05, 0) is 42.3 Å². The number of hydrogen-bond acceptors (Lipinski definition) is 6. The van der Waals surface area contributed by atoms with E-state index >= 15 is 0 Å². The number of pyridine rings is 1. The van der Waals surface area contributed by atoms with Crippen LogP contribution in [-0.2, 0) is 6.54 Å². The number of aromatic carboxylic acids is 1. The van der Waals surface area contributed by atoms with E-state index < -0.39 is 11.5 Å². The number of para-hydroxylation sites is 1. The molecule has 36 heavy (non-hydrogen) atoms. The van der Waals surface area contributed by atoms with Crippen LogP contribution in [0.4, 0.5) is 0 Å². The fraction of sp³-hybridized carbons (Fsp3) is 0.143. The monoisotopic (exact) mass is 499 g/mol. The Bertz CT molecular complexity index is 1730. The zero-order chi connectivity index (χ0) is 25.0. The highest BCUT2D eigenvalue weighted by Gasteiger charge is 2.27. The standard InChI is InChI=1S/C28H21NO6S/c1-15-6-11-19-21(12-15)36-26-22(16-7-9-18(33-2)10-8-16)23(28(31)32)27(30)29(24(19)26)13-17-4-3-5-20-25(17)35-14-34-20/h3-12H,13-14H2,1-2H3,(H,31,32). The molecule has 0 aliphatic carbocycles. The number of carbonyl (C=O) groups is 1. The Morgan fingerprint density at radius 1 is 1.11 bits per heavy atom. The minimum Gasteiger partial charge on any atom is -0.497 e. The van der Waals surface area contributed by atoms with Gasteiger partial charge < -0.3 is 23.9 Å². The first-order valence-corrected chi connectivity index (χ1v) is 12.1. The molecule has 180 valence electrons. The Morgan fingerprint density at radius 2 is 1.92 bits per heavy atom. The lowest BCUT2D eigenvalue weighted by atomic mass is 9.99. The normalized spacial score (nSPS) is 12.4. The fourth-order valence-electron chi connectivity index (χ4n) is 4.75. The molecule has 0 amide bonds. The lowest BCUT2D eigenvalue weighted by Gasteiger charge is -2.16. The predicted molar refractivity (Wildman–Crippen MR) is 139 cm³/mol. The van der Waals surface area contributed by atoms with Crippen molar-refractivity contribution in [2.75, 3.05) is 13.9 Å². The molecule has 0 spiro atoms. The van der Waals surface area contributed by atoms with Gasteiger partial charge in [0.15, 0.2) is 11.5 Å². The summed E-state index contributed by atoms with van der Waals surface area (Å²) in [6.07, 6.45) is 0. The van der Waals surface area contributed by atoms with Gasteiger partial charge in [-0.15, -0.1) is 11.3 Å². The molecule has 0 atom stereocenters. The number of carboxylic acid groups (broad SMARTS) is 1. The van der Waals surface area contributed by atoms with Gasteiger partial charge >= 0.3 is 5.97 Å². The van der Waals surface area contributed by atoms with Crippen LogP contribution in [0.1, 0.15) is 21.5 Å². The number of rotatable bonds is 5. The summed E-state index contributed by atoms with van der Waals surface area (Å²) in [6.45, 7) is 2.26. The maximum atomic E-state index is 13.9. The zero-order valence-corrected chi connectivity index (χ0v) is 20.3. The maximum absolute atomic E-state index is 13.9. The molecule has 0 saturated heterocycles. The van der Waals surface area contributed by atoms with Crippen molar-refractivity contribution >= 4 is 37.6 Å². The molecule has 2 aromatic heterocycles. The SMILES string of the molecule is COc1ccc(-c2c(C(=O)O)c(=O)n(Cc3cccc4c3OCO4)c3c2sc2cc(C)ccc23)cc1. The molecule has 0 radical (unpaired) electrons. The van der Waals surface area contributed by atoms with E-state index in [1.165, 1.54) is 11.3 Å². The minimum absolute atomic E-state index is 0.105. The second kappa shape index (κ2) is 8.42. The van der Waals surface area contributed by atoms with Gasteiger partial charge in [-0.1, -0.05) is 36.4 Å². The number of thiophene rings is 1. The molecule has 5 aromatic rings. The number of aryl methyl sites for hydroxylation is 1. The molecule has 0 unspecified atom stereocenters. The average Bonchev–Trinajstić information content (AvgIpc) is 3.50. The molecule has 6 rings (SSSR count). The Hall–Kier alpha value is -4.30. The first-order valence-electron chi connectivity index (χ1n) is 11.3. The molecule has 0 bridgehead atoms. The summed E-state index contributed by atoms with van der Waals surface area (Å²) in [7, 11) is 1.57. The number of aromatic nitrogens is 1. The molecule has 3 heterocycles. The van der Waals surface area contributed by atoms with Gasteiger partial charge in [0.1, 0.15) is 11.3 Å². The van der Waals surface area contributed by atoms with E-state index in [2.05, 4.69) is 6.07 Å². The molecule has 8 heteroatoms. The van der Waals surface area contributed by atoms with Gasteiger partial charge in [0.2, 0.25) is 6.79 Å². The second-order valence-corrected chi connectivity index (χ2v) is 9.66. The van der Waals surface area contributed by atoms with Gasteiger partial charge in [0.25, 0.3) is 5.56 Å². The number of carboxylic acids is 1. The summed E-state index contributed by atoms with van der Waals surface area (Å²) in [6, 6.07) is 18.7. The van der Waals surface area contributed by atoms with Crippen molar-refractivity contribution in [1.82, 2.24) is 4.57 Å². The Kier molecular flexibility index (Phi) is 5.19. The zero-order valence-electron chi connectivity index (χ0n) is 19.5. The summed E-state index contributed by atoms with van der Waals surface area (Å²) in [5, 5.41) is 11.2. The van der Waals surface area contributed by atoms with Crippen molar-refractivity contribution in [2.24, 2.45) is 0 Å². The fourth-order valence-corrected chi connectivity index (χ4v) is 6.13. The van der Waals surface area contributed by atoms with Crippen LogP contribution in [0.3, 0.4) is 0 Å². The van der Waals surface area contributed by atoms with E-state index in [4.69, 9.17) is 14.2 Å². The summed E-state index contributed by atoms with van der Waals surface area (Å²) in [5.41, 5.74) is 2.75. The van der Waals surface area contributed by atoms with Crippen molar-refractivity contribution in [2.45, 2.75) is 13.5 Å². The molecule has 0 fully saturated rings. The van der Waals surface area contributed by atoms with Crippen molar-refractivity contribution in [1.29, 1.82) is 0 Å². The molecule has 1 N–H and O–H groups in total. The quantitative estimate of drug-likeness (QED) is 0.335. The van der Waals surface area contributed by atoms with Crippen LogP contribution >= 0.6 is 11.3 Å².